The van der Waals surface area contributed by atoms with Crippen molar-refractivity contribution in [2.24, 2.45) is 11.8 Å². The summed E-state index contributed by atoms with van der Waals surface area (Å²) in [6.45, 7) is 2.57. The van der Waals surface area contributed by atoms with Crippen LogP contribution in [0.4, 0.5) is 18.0 Å². The first-order chi connectivity index (χ1) is 11.6. The smallest absolute Gasteiger partial charge is 0.417 e. The quantitative estimate of drug-likeness (QED) is 0.878. The van der Waals surface area contributed by atoms with E-state index in [9.17, 15) is 27.9 Å². The lowest BCUT2D eigenvalue weighted by Gasteiger charge is -2.30. The molecule has 8 heteroatoms. The Kier molecular flexibility index (Phi) is 5.72. The summed E-state index contributed by atoms with van der Waals surface area (Å²) < 4.78 is 44.9. The van der Waals surface area contributed by atoms with Crippen molar-refractivity contribution in [3.8, 4) is 0 Å². The predicted molar refractivity (Wildman–Crippen MR) is 82.5 cm³/mol. The van der Waals surface area contributed by atoms with Crippen molar-refractivity contribution < 1.29 is 32.6 Å². The van der Waals surface area contributed by atoms with Crippen LogP contribution in [0.3, 0.4) is 0 Å². The number of nitrogens with zero attached hydrogens (tertiary/aromatic N) is 1. The van der Waals surface area contributed by atoms with Gasteiger partial charge in [-0.15, -0.1) is 0 Å². The molecule has 2 unspecified atom stereocenters. The summed E-state index contributed by atoms with van der Waals surface area (Å²) in [7, 11) is 0. The highest BCUT2D eigenvalue weighted by molar-refractivity contribution is 5.95. The Hall–Kier alpha value is -2.09. The molecule has 0 saturated carbocycles. The van der Waals surface area contributed by atoms with E-state index in [0.29, 0.717) is 4.90 Å². The van der Waals surface area contributed by atoms with Crippen molar-refractivity contribution in [2.75, 3.05) is 6.61 Å². The second-order valence-corrected chi connectivity index (χ2v) is 6.38. The summed E-state index contributed by atoms with van der Waals surface area (Å²) in [5.41, 5.74) is 0.761. The summed E-state index contributed by atoms with van der Waals surface area (Å²) in [4.78, 5) is 24.9. The number of cyclic esters (lactones) is 1. The van der Waals surface area contributed by atoms with Crippen LogP contribution in [-0.4, -0.2) is 46.9 Å². The Morgan fingerprint density at radius 2 is 1.92 bits per heavy atom. The second kappa shape index (κ2) is 7.43. The van der Waals surface area contributed by atoms with Crippen LogP contribution in [0.15, 0.2) is 30.3 Å². The molecular weight excluding hydrogens is 339 g/mol. The minimum Gasteiger partial charge on any atom is -0.447 e. The number of alkyl halides is 3. The Morgan fingerprint density at radius 3 is 2.44 bits per heavy atom. The number of carbonyl (C=O) groups is 2. The molecular formula is C17H20F3NO4. The van der Waals surface area contributed by atoms with Crippen molar-refractivity contribution in [1.29, 1.82) is 0 Å². The number of benzene rings is 1. The first-order valence-corrected chi connectivity index (χ1v) is 7.91. The molecule has 1 aliphatic heterocycles. The Balaban J connectivity index is 2.27. The zero-order chi connectivity index (χ0) is 18.8. The lowest BCUT2D eigenvalue weighted by atomic mass is 9.91. The van der Waals surface area contributed by atoms with Crippen molar-refractivity contribution in [1.82, 2.24) is 4.90 Å². The fourth-order valence-electron chi connectivity index (χ4n) is 2.78. The third kappa shape index (κ3) is 4.31. The number of hydrogen-bond donors (Lipinski definition) is 1. The molecule has 2 rings (SSSR count). The fraction of sp³-hybridized carbons (Fsp3) is 0.529. The van der Waals surface area contributed by atoms with Gasteiger partial charge >= 0.3 is 12.3 Å². The fourth-order valence-corrected chi connectivity index (χ4v) is 2.78. The van der Waals surface area contributed by atoms with Crippen LogP contribution < -0.4 is 0 Å². The number of ether oxygens (including phenoxy) is 1. The molecule has 0 spiro atoms. The molecule has 0 bridgehead atoms. The summed E-state index contributed by atoms with van der Waals surface area (Å²) in [5, 5.41) is 9.90. The number of amides is 2. The Morgan fingerprint density at radius 1 is 1.32 bits per heavy atom. The van der Waals surface area contributed by atoms with E-state index in [0.717, 1.165) is 5.56 Å². The number of imide groups is 1. The largest absolute Gasteiger partial charge is 0.447 e. The second-order valence-electron chi connectivity index (χ2n) is 6.38. The normalized spacial score (nSPS) is 20.5. The minimum atomic E-state index is -4.97. The van der Waals surface area contributed by atoms with Crippen molar-refractivity contribution in [3.05, 3.63) is 35.9 Å². The minimum absolute atomic E-state index is 0.179. The molecule has 5 nitrogen and oxygen atoms in total. The zero-order valence-corrected chi connectivity index (χ0v) is 13.9. The van der Waals surface area contributed by atoms with Gasteiger partial charge in [-0.05, 0) is 17.9 Å². The van der Waals surface area contributed by atoms with E-state index in [1.54, 1.807) is 30.3 Å². The van der Waals surface area contributed by atoms with Gasteiger partial charge in [0, 0.05) is 0 Å². The highest BCUT2D eigenvalue weighted by Crippen LogP contribution is 2.35. The number of hydrogen-bond acceptors (Lipinski definition) is 4. The van der Waals surface area contributed by atoms with Gasteiger partial charge in [0.2, 0.25) is 5.91 Å². The van der Waals surface area contributed by atoms with E-state index in [4.69, 9.17) is 4.74 Å². The van der Waals surface area contributed by atoms with Gasteiger partial charge in [-0.3, -0.25) is 4.79 Å². The SMILES string of the molecule is CC(C)C(O)C(C(=O)N1C(=O)OC[C@@H]1Cc1ccccc1)C(F)(F)F. The van der Waals surface area contributed by atoms with Gasteiger partial charge in [0.05, 0.1) is 12.1 Å². The van der Waals surface area contributed by atoms with Crippen LogP contribution in [0.25, 0.3) is 0 Å². The molecule has 0 aliphatic carbocycles. The molecule has 1 aromatic carbocycles. The molecule has 3 atom stereocenters. The molecule has 0 aromatic heterocycles. The molecule has 138 valence electrons. The Bertz CT molecular complexity index is 618. The maximum absolute atomic E-state index is 13.4. The van der Waals surface area contributed by atoms with Crippen LogP contribution in [0.2, 0.25) is 0 Å². The van der Waals surface area contributed by atoms with Crippen molar-refractivity contribution in [3.63, 3.8) is 0 Å². The summed E-state index contributed by atoms with van der Waals surface area (Å²) in [6.07, 6.45) is -7.85. The molecule has 25 heavy (non-hydrogen) atoms. The van der Waals surface area contributed by atoms with E-state index in [2.05, 4.69) is 0 Å². The van der Waals surface area contributed by atoms with Crippen LogP contribution in [0.5, 0.6) is 0 Å². The number of halogens is 3. The molecule has 1 saturated heterocycles. The molecule has 0 radical (unpaired) electrons. The van der Waals surface area contributed by atoms with Crippen LogP contribution in [-0.2, 0) is 16.0 Å². The van der Waals surface area contributed by atoms with Gasteiger partial charge in [-0.1, -0.05) is 44.2 Å². The molecule has 1 aromatic rings. The van der Waals surface area contributed by atoms with Gasteiger partial charge in [0.15, 0.2) is 5.92 Å². The summed E-state index contributed by atoms with van der Waals surface area (Å²) in [6, 6.07) is 7.93. The van der Waals surface area contributed by atoms with Gasteiger partial charge in [0.1, 0.15) is 6.61 Å². The molecule has 1 N–H and O–H groups in total. The number of aliphatic hydroxyl groups excluding tert-OH is 1. The molecule has 1 fully saturated rings. The highest BCUT2D eigenvalue weighted by atomic mass is 19.4. The number of rotatable bonds is 5. The third-order valence-corrected chi connectivity index (χ3v) is 4.16. The topological polar surface area (TPSA) is 66.8 Å². The number of carbonyl (C=O) groups excluding carboxylic acids is 2. The maximum Gasteiger partial charge on any atom is 0.417 e. The first kappa shape index (κ1) is 19.2. The molecule has 2 amide bonds. The van der Waals surface area contributed by atoms with Gasteiger partial charge < -0.3 is 9.84 Å². The lowest BCUT2D eigenvalue weighted by molar-refractivity contribution is -0.210. The monoisotopic (exact) mass is 359 g/mol. The average molecular weight is 359 g/mol. The zero-order valence-electron chi connectivity index (χ0n) is 13.9. The average Bonchev–Trinajstić information content (AvgIpc) is 2.87. The number of aliphatic hydroxyl groups is 1. The first-order valence-electron chi connectivity index (χ1n) is 7.91. The van der Waals surface area contributed by atoms with Crippen molar-refractivity contribution >= 4 is 12.0 Å². The maximum atomic E-state index is 13.4. The van der Waals surface area contributed by atoms with E-state index >= 15 is 0 Å². The standard InChI is InChI=1S/C17H20F3NO4/c1-10(2)14(22)13(17(18,19)20)15(23)21-12(9-25-16(21)24)8-11-6-4-3-5-7-11/h3-7,10,12-14,22H,8-9H2,1-2H3/t12-,13?,14?/m0/s1. The van der Waals surface area contributed by atoms with E-state index in [-0.39, 0.29) is 13.0 Å². The van der Waals surface area contributed by atoms with Gasteiger partial charge in [-0.25, -0.2) is 9.69 Å². The van der Waals surface area contributed by atoms with E-state index < -0.39 is 42.2 Å². The van der Waals surface area contributed by atoms with Crippen LogP contribution in [0, 0.1) is 11.8 Å². The summed E-state index contributed by atoms with van der Waals surface area (Å²) >= 11 is 0. The van der Waals surface area contributed by atoms with Gasteiger partial charge in [0.25, 0.3) is 0 Å². The molecule has 1 aliphatic rings. The highest BCUT2D eigenvalue weighted by Gasteiger charge is 2.54. The third-order valence-electron chi connectivity index (χ3n) is 4.16. The Labute approximate surface area is 143 Å². The molecule has 1 heterocycles. The van der Waals surface area contributed by atoms with Crippen molar-refractivity contribution in [2.45, 2.75) is 38.6 Å². The lowest BCUT2D eigenvalue weighted by Crippen LogP contribution is -2.52. The van der Waals surface area contributed by atoms with Crippen LogP contribution >= 0.6 is 0 Å². The van der Waals surface area contributed by atoms with E-state index in [1.165, 1.54) is 13.8 Å². The predicted octanol–water partition coefficient (Wildman–Crippen LogP) is 2.77. The van der Waals surface area contributed by atoms with Crippen LogP contribution in [0.1, 0.15) is 19.4 Å². The van der Waals surface area contributed by atoms with E-state index in [1.807, 2.05) is 0 Å². The summed E-state index contributed by atoms with van der Waals surface area (Å²) in [5.74, 6) is -4.95. The van der Waals surface area contributed by atoms with Gasteiger partial charge in [-0.2, -0.15) is 13.2 Å².